The minimum atomic E-state index is -0.180. The Hall–Kier alpha value is -2.16. The number of amides is 1. The number of carbonyl (C=O) groups is 1. The maximum absolute atomic E-state index is 12.7. The predicted octanol–water partition coefficient (Wildman–Crippen LogP) is 1.87. The molecule has 2 aromatic rings. The van der Waals surface area contributed by atoms with Gasteiger partial charge < -0.3 is 23.9 Å². The maximum atomic E-state index is 12.7. The van der Waals surface area contributed by atoms with Crippen LogP contribution in [0.3, 0.4) is 0 Å². The first-order valence-electron chi connectivity index (χ1n) is 10.5. The highest BCUT2D eigenvalue weighted by atomic mass is 16.6. The Morgan fingerprint density at radius 3 is 2.93 bits per heavy atom. The topological polar surface area (TPSA) is 87.8 Å². The molecule has 156 valence electrons. The predicted molar refractivity (Wildman–Crippen MR) is 104 cm³/mol. The SMILES string of the molecule is Cc1c(C(=O)NC[C@@H]2CCCO2)oc2c1-c1nn(C[C@@H]3COCCO3)cc1CC2. The van der Waals surface area contributed by atoms with Crippen LogP contribution in [-0.2, 0) is 33.6 Å². The van der Waals surface area contributed by atoms with Crippen molar-refractivity contribution in [3.8, 4) is 11.3 Å². The highest BCUT2D eigenvalue weighted by Gasteiger charge is 2.30. The number of nitrogens with one attached hydrogen (secondary N) is 1. The average molecular weight is 401 g/mol. The number of hydrogen-bond acceptors (Lipinski definition) is 6. The lowest BCUT2D eigenvalue weighted by Gasteiger charge is -2.22. The van der Waals surface area contributed by atoms with Crippen molar-refractivity contribution in [2.24, 2.45) is 0 Å². The van der Waals surface area contributed by atoms with Gasteiger partial charge in [-0.25, -0.2) is 0 Å². The van der Waals surface area contributed by atoms with E-state index >= 15 is 0 Å². The number of fused-ring (bicyclic) bond motifs is 3. The molecule has 2 fully saturated rings. The molecule has 4 heterocycles. The molecule has 8 heteroatoms. The fourth-order valence-corrected chi connectivity index (χ4v) is 4.42. The molecular formula is C21H27N3O5. The van der Waals surface area contributed by atoms with Crippen LogP contribution in [0.25, 0.3) is 11.3 Å². The monoisotopic (exact) mass is 401 g/mol. The third-order valence-electron chi connectivity index (χ3n) is 5.91. The molecule has 1 aliphatic carbocycles. The lowest BCUT2D eigenvalue weighted by Crippen LogP contribution is -2.32. The van der Waals surface area contributed by atoms with Crippen molar-refractivity contribution in [3.05, 3.63) is 28.8 Å². The van der Waals surface area contributed by atoms with Gasteiger partial charge in [0.05, 0.1) is 38.2 Å². The van der Waals surface area contributed by atoms with Crippen LogP contribution in [0, 0.1) is 6.92 Å². The minimum Gasteiger partial charge on any atom is -0.455 e. The number of rotatable bonds is 5. The van der Waals surface area contributed by atoms with Gasteiger partial charge in [0.25, 0.3) is 5.91 Å². The molecule has 8 nitrogen and oxygen atoms in total. The third-order valence-corrected chi connectivity index (χ3v) is 5.91. The van der Waals surface area contributed by atoms with E-state index in [0.717, 1.165) is 54.9 Å². The Kier molecular flexibility index (Phi) is 5.15. The van der Waals surface area contributed by atoms with E-state index in [0.29, 0.717) is 38.7 Å². The van der Waals surface area contributed by atoms with E-state index in [1.807, 2.05) is 11.6 Å². The Balaban J connectivity index is 1.34. The van der Waals surface area contributed by atoms with E-state index in [1.54, 1.807) is 0 Å². The van der Waals surface area contributed by atoms with Crippen molar-refractivity contribution in [2.45, 2.75) is 51.4 Å². The summed E-state index contributed by atoms with van der Waals surface area (Å²) in [6.45, 7) is 5.77. The summed E-state index contributed by atoms with van der Waals surface area (Å²) >= 11 is 0. The smallest absolute Gasteiger partial charge is 0.287 e. The standard InChI is InChI=1S/C21H27N3O5/c1-13-18-17(29-20(13)21(25)22-9-15-3-2-6-27-15)5-4-14-10-24(23-19(14)18)11-16-12-26-7-8-28-16/h10,15-16H,2-9,11-12H2,1H3,(H,22,25)/t15-,16+/m0/s1. The molecule has 0 unspecified atom stereocenters. The van der Waals surface area contributed by atoms with Gasteiger partial charge in [-0.15, -0.1) is 0 Å². The Morgan fingerprint density at radius 2 is 2.14 bits per heavy atom. The van der Waals surface area contributed by atoms with Gasteiger partial charge in [-0.3, -0.25) is 9.48 Å². The summed E-state index contributed by atoms with van der Waals surface area (Å²) in [5, 5.41) is 7.76. The summed E-state index contributed by atoms with van der Waals surface area (Å²) in [6.07, 6.45) is 5.89. The van der Waals surface area contributed by atoms with Crippen LogP contribution in [0.15, 0.2) is 10.6 Å². The van der Waals surface area contributed by atoms with Gasteiger partial charge >= 0.3 is 0 Å². The minimum absolute atomic E-state index is 0.0224. The van der Waals surface area contributed by atoms with Gasteiger partial charge in [0.1, 0.15) is 11.9 Å². The van der Waals surface area contributed by atoms with Gasteiger partial charge in [0.2, 0.25) is 0 Å². The van der Waals surface area contributed by atoms with E-state index in [2.05, 4.69) is 11.5 Å². The van der Waals surface area contributed by atoms with Gasteiger partial charge in [-0.1, -0.05) is 0 Å². The van der Waals surface area contributed by atoms with E-state index in [-0.39, 0.29) is 18.1 Å². The largest absolute Gasteiger partial charge is 0.455 e. The van der Waals surface area contributed by atoms with Crippen molar-refractivity contribution in [1.82, 2.24) is 15.1 Å². The maximum Gasteiger partial charge on any atom is 0.287 e. The fraction of sp³-hybridized carbons (Fsp3) is 0.619. The average Bonchev–Trinajstić information content (AvgIpc) is 3.45. The van der Waals surface area contributed by atoms with Crippen LogP contribution >= 0.6 is 0 Å². The summed E-state index contributed by atoms with van der Waals surface area (Å²) in [6, 6.07) is 0. The molecule has 29 heavy (non-hydrogen) atoms. The van der Waals surface area contributed by atoms with E-state index in [1.165, 1.54) is 5.56 Å². The Morgan fingerprint density at radius 1 is 1.24 bits per heavy atom. The molecule has 0 aromatic carbocycles. The molecule has 2 aliphatic heterocycles. The number of hydrogen-bond donors (Lipinski definition) is 1. The lowest BCUT2D eigenvalue weighted by atomic mass is 9.93. The molecule has 5 rings (SSSR count). The van der Waals surface area contributed by atoms with Gasteiger partial charge in [-0.05, 0) is 31.7 Å². The Bertz CT molecular complexity index is 891. The van der Waals surface area contributed by atoms with Crippen molar-refractivity contribution in [2.75, 3.05) is 33.0 Å². The number of furan rings is 1. The number of aromatic nitrogens is 2. The molecule has 2 aromatic heterocycles. The van der Waals surface area contributed by atoms with Crippen molar-refractivity contribution in [1.29, 1.82) is 0 Å². The summed E-state index contributed by atoms with van der Waals surface area (Å²) in [5.41, 5.74) is 3.92. The fourth-order valence-electron chi connectivity index (χ4n) is 4.42. The summed E-state index contributed by atoms with van der Waals surface area (Å²) in [4.78, 5) is 12.7. The van der Waals surface area contributed by atoms with Crippen LogP contribution in [0.1, 0.15) is 40.3 Å². The first-order valence-corrected chi connectivity index (χ1v) is 10.5. The molecule has 0 radical (unpaired) electrons. The number of aryl methyl sites for hydroxylation is 2. The third kappa shape index (κ3) is 3.72. The summed E-state index contributed by atoms with van der Waals surface area (Å²) in [5.74, 6) is 1.06. The zero-order valence-corrected chi connectivity index (χ0v) is 16.7. The van der Waals surface area contributed by atoms with Gasteiger partial charge in [-0.2, -0.15) is 5.10 Å². The number of nitrogens with zero attached hydrogens (tertiary/aromatic N) is 2. The number of ether oxygens (including phenoxy) is 3. The molecule has 0 spiro atoms. The molecule has 0 saturated carbocycles. The van der Waals surface area contributed by atoms with Crippen molar-refractivity contribution in [3.63, 3.8) is 0 Å². The van der Waals surface area contributed by atoms with Crippen LogP contribution in [0.4, 0.5) is 0 Å². The molecule has 0 bridgehead atoms. The Labute approximate surface area is 169 Å². The van der Waals surface area contributed by atoms with Crippen LogP contribution in [0.2, 0.25) is 0 Å². The molecule has 2 atom stereocenters. The first kappa shape index (κ1) is 18.8. The second kappa shape index (κ2) is 7.93. The zero-order chi connectivity index (χ0) is 19.8. The summed E-state index contributed by atoms with van der Waals surface area (Å²) in [7, 11) is 0. The molecule has 3 aliphatic rings. The van der Waals surface area contributed by atoms with Crippen LogP contribution < -0.4 is 5.32 Å². The van der Waals surface area contributed by atoms with Crippen molar-refractivity contribution >= 4 is 5.91 Å². The van der Waals surface area contributed by atoms with Gasteiger partial charge in [0, 0.05) is 36.9 Å². The quantitative estimate of drug-likeness (QED) is 0.823. The zero-order valence-electron chi connectivity index (χ0n) is 16.7. The molecular weight excluding hydrogens is 374 g/mol. The second-order valence-corrected chi connectivity index (χ2v) is 7.99. The lowest BCUT2D eigenvalue weighted by molar-refractivity contribution is -0.0946. The van der Waals surface area contributed by atoms with E-state index < -0.39 is 0 Å². The van der Waals surface area contributed by atoms with Crippen LogP contribution in [0.5, 0.6) is 0 Å². The number of carbonyl (C=O) groups excluding carboxylic acids is 1. The van der Waals surface area contributed by atoms with Gasteiger partial charge in [0.15, 0.2) is 5.76 Å². The second-order valence-electron chi connectivity index (χ2n) is 7.99. The highest BCUT2D eigenvalue weighted by molar-refractivity contribution is 5.95. The van der Waals surface area contributed by atoms with E-state index in [9.17, 15) is 4.79 Å². The summed E-state index contributed by atoms with van der Waals surface area (Å²) < 4.78 is 24.7. The molecule has 2 saturated heterocycles. The normalized spacial score (nSPS) is 23.6. The van der Waals surface area contributed by atoms with Crippen molar-refractivity contribution < 1.29 is 23.4 Å². The highest BCUT2D eigenvalue weighted by Crippen LogP contribution is 2.38. The van der Waals surface area contributed by atoms with E-state index in [4.69, 9.17) is 23.7 Å². The molecule has 1 amide bonds. The molecule has 1 N–H and O–H groups in total. The first-order chi connectivity index (χ1) is 14.2. The van der Waals surface area contributed by atoms with Crippen LogP contribution in [-0.4, -0.2) is 60.9 Å².